The summed E-state index contributed by atoms with van der Waals surface area (Å²) in [5.74, 6) is -0.103. The molecule has 0 unspecified atom stereocenters. The highest BCUT2D eigenvalue weighted by Crippen LogP contribution is 2.24. The monoisotopic (exact) mass is 360 g/mol. The maximum absolute atomic E-state index is 12.1. The van der Waals surface area contributed by atoms with Gasteiger partial charge in [0.05, 0.1) is 5.25 Å². The van der Waals surface area contributed by atoms with Crippen molar-refractivity contribution in [2.75, 3.05) is 0 Å². The number of thioether (sulfide) groups is 1. The minimum absolute atomic E-state index is 0.103. The number of nitrogens with one attached hydrogen (secondary N) is 1. The molecule has 1 atom stereocenters. The molecule has 0 saturated heterocycles. The van der Waals surface area contributed by atoms with Gasteiger partial charge >= 0.3 is 0 Å². The third kappa shape index (κ3) is 6.38. The molecular weight excluding hydrogens is 340 g/mol. The van der Waals surface area contributed by atoms with Crippen molar-refractivity contribution in [2.24, 2.45) is 5.10 Å². The Bertz CT molecular complexity index is 686. The van der Waals surface area contributed by atoms with Crippen LogP contribution in [0.4, 0.5) is 0 Å². The van der Waals surface area contributed by atoms with Gasteiger partial charge in [0.15, 0.2) is 0 Å². The van der Waals surface area contributed by atoms with Crippen LogP contribution in [0.1, 0.15) is 25.8 Å². The summed E-state index contributed by atoms with van der Waals surface area (Å²) >= 11 is 7.35. The summed E-state index contributed by atoms with van der Waals surface area (Å²) in [6.45, 7) is 3.80. The predicted molar refractivity (Wildman–Crippen MR) is 103 cm³/mol. The van der Waals surface area contributed by atoms with E-state index in [-0.39, 0.29) is 11.2 Å². The van der Waals surface area contributed by atoms with E-state index in [1.165, 1.54) is 17.3 Å². The fraction of sp³-hybridized carbons (Fsp3) is 0.263. The van der Waals surface area contributed by atoms with E-state index in [1.807, 2.05) is 56.3 Å². The fourth-order valence-electron chi connectivity index (χ4n) is 2.04. The van der Waals surface area contributed by atoms with Gasteiger partial charge < -0.3 is 0 Å². The highest BCUT2D eigenvalue weighted by atomic mass is 35.5. The van der Waals surface area contributed by atoms with Gasteiger partial charge in [-0.1, -0.05) is 41.9 Å². The SMILES string of the molecule is C/C(CCc1ccccc1)=N/NC(=O)[C@H](C)Sc1ccc(Cl)cc1. The summed E-state index contributed by atoms with van der Waals surface area (Å²) in [7, 11) is 0. The van der Waals surface area contributed by atoms with Gasteiger partial charge in [0, 0.05) is 15.6 Å². The Kier molecular flexibility index (Phi) is 7.35. The standard InChI is InChI=1S/C19H21ClN2OS/c1-14(8-9-16-6-4-3-5-7-16)21-22-19(23)15(2)24-18-12-10-17(20)11-13-18/h3-7,10-13,15H,8-9H2,1-2H3,(H,22,23)/b21-14-/t15-/m0/s1. The summed E-state index contributed by atoms with van der Waals surface area (Å²) < 4.78 is 0. The van der Waals surface area contributed by atoms with Crippen LogP contribution in [0.25, 0.3) is 0 Å². The molecule has 24 heavy (non-hydrogen) atoms. The normalized spacial score (nSPS) is 12.7. The zero-order valence-electron chi connectivity index (χ0n) is 13.8. The largest absolute Gasteiger partial charge is 0.272 e. The summed E-state index contributed by atoms with van der Waals surface area (Å²) in [5.41, 5.74) is 4.83. The van der Waals surface area contributed by atoms with E-state index < -0.39 is 0 Å². The number of benzene rings is 2. The molecule has 0 aliphatic rings. The second kappa shape index (κ2) is 9.50. The maximum atomic E-state index is 12.1. The van der Waals surface area contributed by atoms with Crippen LogP contribution >= 0.6 is 23.4 Å². The minimum atomic E-state index is -0.225. The zero-order valence-corrected chi connectivity index (χ0v) is 15.4. The van der Waals surface area contributed by atoms with Gasteiger partial charge in [0.25, 0.3) is 5.91 Å². The van der Waals surface area contributed by atoms with Gasteiger partial charge in [-0.15, -0.1) is 11.8 Å². The van der Waals surface area contributed by atoms with Gasteiger partial charge in [0.1, 0.15) is 0 Å². The molecule has 0 fully saturated rings. The summed E-state index contributed by atoms with van der Waals surface area (Å²) in [4.78, 5) is 13.1. The van der Waals surface area contributed by atoms with Crippen molar-refractivity contribution in [1.82, 2.24) is 5.43 Å². The molecule has 126 valence electrons. The molecule has 0 aliphatic heterocycles. The molecule has 1 N–H and O–H groups in total. The van der Waals surface area contributed by atoms with E-state index in [9.17, 15) is 4.79 Å². The van der Waals surface area contributed by atoms with E-state index in [0.29, 0.717) is 5.02 Å². The van der Waals surface area contributed by atoms with Crippen LogP contribution in [-0.4, -0.2) is 16.9 Å². The van der Waals surface area contributed by atoms with Crippen molar-refractivity contribution >= 4 is 35.0 Å². The maximum Gasteiger partial charge on any atom is 0.253 e. The highest BCUT2D eigenvalue weighted by Gasteiger charge is 2.13. The van der Waals surface area contributed by atoms with Crippen LogP contribution in [0.5, 0.6) is 0 Å². The third-order valence-corrected chi connectivity index (χ3v) is 4.83. The molecule has 0 saturated carbocycles. The molecule has 5 heteroatoms. The van der Waals surface area contributed by atoms with E-state index in [1.54, 1.807) is 0 Å². The van der Waals surface area contributed by atoms with Crippen LogP contribution < -0.4 is 5.43 Å². The van der Waals surface area contributed by atoms with Gasteiger partial charge in [-0.05, 0) is 56.5 Å². The number of aryl methyl sites for hydroxylation is 1. The van der Waals surface area contributed by atoms with Crippen molar-refractivity contribution in [2.45, 2.75) is 36.8 Å². The Hall–Kier alpha value is -1.78. The number of rotatable bonds is 7. The first-order valence-electron chi connectivity index (χ1n) is 7.84. The predicted octanol–water partition coefficient (Wildman–Crippen LogP) is 4.95. The first kappa shape index (κ1) is 18.6. The Morgan fingerprint density at radius 1 is 1.17 bits per heavy atom. The van der Waals surface area contributed by atoms with Crippen molar-refractivity contribution in [1.29, 1.82) is 0 Å². The molecule has 0 heterocycles. The number of hydrogen-bond donors (Lipinski definition) is 1. The highest BCUT2D eigenvalue weighted by molar-refractivity contribution is 8.00. The quantitative estimate of drug-likeness (QED) is 0.431. The van der Waals surface area contributed by atoms with Crippen LogP contribution in [0, 0.1) is 0 Å². The third-order valence-electron chi connectivity index (χ3n) is 3.47. The van der Waals surface area contributed by atoms with Crippen LogP contribution in [0.2, 0.25) is 5.02 Å². The average molecular weight is 361 g/mol. The molecule has 0 bridgehead atoms. The zero-order chi connectivity index (χ0) is 17.4. The van der Waals surface area contributed by atoms with Crippen LogP contribution in [0.15, 0.2) is 64.6 Å². The molecule has 1 amide bonds. The summed E-state index contributed by atoms with van der Waals surface area (Å²) in [6, 6.07) is 17.7. The van der Waals surface area contributed by atoms with Crippen molar-refractivity contribution in [3.8, 4) is 0 Å². The number of carbonyl (C=O) groups excluding carboxylic acids is 1. The summed E-state index contributed by atoms with van der Waals surface area (Å²) in [6.07, 6.45) is 1.74. The topological polar surface area (TPSA) is 41.5 Å². The molecule has 0 spiro atoms. The fourth-order valence-corrected chi connectivity index (χ4v) is 3.03. The van der Waals surface area contributed by atoms with Crippen LogP contribution in [-0.2, 0) is 11.2 Å². The lowest BCUT2D eigenvalue weighted by Gasteiger charge is -2.10. The molecule has 0 aliphatic carbocycles. The number of nitrogens with zero attached hydrogens (tertiary/aromatic N) is 1. The smallest absolute Gasteiger partial charge is 0.253 e. The number of carbonyl (C=O) groups is 1. The summed E-state index contributed by atoms with van der Waals surface area (Å²) in [5, 5.41) is 4.66. The van der Waals surface area contributed by atoms with Gasteiger partial charge in [-0.25, -0.2) is 5.43 Å². The van der Waals surface area contributed by atoms with Gasteiger partial charge in [-0.3, -0.25) is 4.79 Å². The molecular formula is C19H21ClN2OS. The van der Waals surface area contributed by atoms with Crippen LogP contribution in [0.3, 0.4) is 0 Å². The Labute approximate surface area is 152 Å². The van der Waals surface area contributed by atoms with Gasteiger partial charge in [0.2, 0.25) is 0 Å². The van der Waals surface area contributed by atoms with Gasteiger partial charge in [-0.2, -0.15) is 5.10 Å². The average Bonchev–Trinajstić information content (AvgIpc) is 2.60. The molecule has 3 nitrogen and oxygen atoms in total. The van der Waals surface area contributed by atoms with E-state index in [4.69, 9.17) is 11.6 Å². The van der Waals surface area contributed by atoms with E-state index in [2.05, 4.69) is 22.7 Å². The Balaban J connectivity index is 1.79. The number of halogens is 1. The first-order chi connectivity index (χ1) is 11.5. The molecule has 0 radical (unpaired) electrons. The molecule has 2 aromatic carbocycles. The van der Waals surface area contributed by atoms with Crippen molar-refractivity contribution < 1.29 is 4.79 Å². The number of hydrazone groups is 1. The lowest BCUT2D eigenvalue weighted by molar-refractivity contribution is -0.120. The molecule has 0 aromatic heterocycles. The second-order valence-electron chi connectivity index (χ2n) is 5.52. The molecule has 2 aromatic rings. The minimum Gasteiger partial charge on any atom is -0.272 e. The van der Waals surface area contributed by atoms with Crippen molar-refractivity contribution in [3.05, 3.63) is 65.2 Å². The Morgan fingerprint density at radius 2 is 1.83 bits per heavy atom. The number of amides is 1. The number of hydrogen-bond acceptors (Lipinski definition) is 3. The lowest BCUT2D eigenvalue weighted by Crippen LogP contribution is -2.27. The van der Waals surface area contributed by atoms with E-state index in [0.717, 1.165) is 23.4 Å². The van der Waals surface area contributed by atoms with E-state index >= 15 is 0 Å². The van der Waals surface area contributed by atoms with Crippen molar-refractivity contribution in [3.63, 3.8) is 0 Å². The second-order valence-corrected chi connectivity index (χ2v) is 7.37. The first-order valence-corrected chi connectivity index (χ1v) is 9.09. The lowest BCUT2D eigenvalue weighted by atomic mass is 10.1. The Morgan fingerprint density at radius 3 is 2.50 bits per heavy atom. The molecule has 2 rings (SSSR count).